The summed E-state index contributed by atoms with van der Waals surface area (Å²) in [5.41, 5.74) is 19.2. The van der Waals surface area contributed by atoms with Gasteiger partial charge in [0.1, 0.15) is 0 Å². The van der Waals surface area contributed by atoms with E-state index < -0.39 is 0 Å². The van der Waals surface area contributed by atoms with Gasteiger partial charge in [-0.3, -0.25) is 0 Å². The Morgan fingerprint density at radius 2 is 1.22 bits per heavy atom. The molecular weight excluding hydrogens is 800 g/mol. The summed E-state index contributed by atoms with van der Waals surface area (Å²) in [6.45, 7) is 6.53. The SMILES string of the molecule is CN1c2c[c-]c(-c3ccccn3)cc2B2c3ccccc3N(C)c3cccc1c32.Cc1cnc(-c2[c-]cc(C)c(-c3ccccc3)c2)cc1C.[Ir]. The molecule has 0 atom stereocenters. The van der Waals surface area contributed by atoms with E-state index in [0.29, 0.717) is 0 Å². The summed E-state index contributed by atoms with van der Waals surface area (Å²) in [7, 11) is 4.32. The first-order chi connectivity index (χ1) is 24.4. The maximum absolute atomic E-state index is 4.55. The Kier molecular flexibility index (Phi) is 9.48. The predicted octanol–water partition coefficient (Wildman–Crippen LogP) is 8.37. The van der Waals surface area contributed by atoms with Crippen LogP contribution in [0.1, 0.15) is 16.7 Å². The average molecular weight is 837 g/mol. The molecule has 5 aromatic carbocycles. The Labute approximate surface area is 315 Å². The fraction of sp³-hybridized carbons (Fsp3) is 0.111. The van der Waals surface area contributed by atoms with E-state index in [1.54, 1.807) is 0 Å². The van der Waals surface area contributed by atoms with Crippen molar-refractivity contribution in [3.05, 3.63) is 163 Å². The first-order valence-corrected chi connectivity index (χ1v) is 17.1. The van der Waals surface area contributed by atoms with Crippen molar-refractivity contribution in [3.8, 4) is 33.6 Å². The molecule has 6 heteroatoms. The Bertz CT molecular complexity index is 2350. The topological polar surface area (TPSA) is 32.3 Å². The van der Waals surface area contributed by atoms with Crippen molar-refractivity contribution in [1.29, 1.82) is 0 Å². The number of hydrogen-bond acceptors (Lipinski definition) is 4. The van der Waals surface area contributed by atoms with Crippen LogP contribution in [-0.4, -0.2) is 30.8 Å². The minimum Gasteiger partial charge on any atom is -0.385 e. The summed E-state index contributed by atoms with van der Waals surface area (Å²) in [6.07, 6.45) is 3.77. The normalized spacial score (nSPS) is 12.1. The molecule has 51 heavy (non-hydrogen) atoms. The molecule has 0 unspecified atom stereocenters. The number of benzene rings is 5. The van der Waals surface area contributed by atoms with Crippen LogP contribution in [0.15, 0.2) is 134 Å². The number of aromatic nitrogens is 2. The minimum absolute atomic E-state index is 0. The number of pyridine rings is 2. The second-order valence-corrected chi connectivity index (χ2v) is 13.2. The van der Waals surface area contributed by atoms with Crippen molar-refractivity contribution in [2.75, 3.05) is 23.9 Å². The number of rotatable bonds is 3. The molecule has 0 aliphatic carbocycles. The van der Waals surface area contributed by atoms with E-state index >= 15 is 0 Å². The molecule has 1 radical (unpaired) electrons. The quantitative estimate of drug-likeness (QED) is 0.132. The van der Waals surface area contributed by atoms with Crippen molar-refractivity contribution >= 4 is 45.9 Å². The molecule has 0 fully saturated rings. The smallest absolute Gasteiger partial charge is 0.233 e. The molecule has 9 rings (SSSR count). The van der Waals surface area contributed by atoms with E-state index in [2.05, 4.69) is 164 Å². The number of aryl methyl sites for hydroxylation is 3. The largest absolute Gasteiger partial charge is 0.385 e. The Balaban J connectivity index is 0.000000165. The molecule has 0 amide bonds. The van der Waals surface area contributed by atoms with Gasteiger partial charge < -0.3 is 19.8 Å². The summed E-state index contributed by atoms with van der Waals surface area (Å²) < 4.78 is 0. The zero-order valence-electron chi connectivity index (χ0n) is 29.4. The zero-order valence-corrected chi connectivity index (χ0v) is 31.8. The third-order valence-electron chi connectivity index (χ3n) is 10.1. The van der Waals surface area contributed by atoms with Gasteiger partial charge in [0, 0.05) is 63.7 Å². The van der Waals surface area contributed by atoms with Gasteiger partial charge >= 0.3 is 0 Å². The summed E-state index contributed by atoms with van der Waals surface area (Å²) in [6, 6.07) is 49.4. The third kappa shape index (κ3) is 6.20. The van der Waals surface area contributed by atoms with Crippen molar-refractivity contribution in [3.63, 3.8) is 0 Å². The molecule has 2 aromatic heterocycles. The van der Waals surface area contributed by atoms with Crippen LogP contribution in [0.3, 0.4) is 0 Å². The summed E-state index contributed by atoms with van der Waals surface area (Å²) >= 11 is 0. The van der Waals surface area contributed by atoms with Gasteiger partial charge in [0.2, 0.25) is 6.71 Å². The fourth-order valence-electron chi connectivity index (χ4n) is 7.30. The molecule has 0 spiro atoms. The van der Waals surface area contributed by atoms with Crippen LogP contribution in [0.25, 0.3) is 33.6 Å². The van der Waals surface area contributed by atoms with Gasteiger partial charge in [0.05, 0.1) is 0 Å². The number of fused-ring (bicyclic) bond motifs is 4. The van der Waals surface area contributed by atoms with E-state index in [4.69, 9.17) is 0 Å². The number of para-hydroxylation sites is 1. The molecule has 0 saturated carbocycles. The van der Waals surface area contributed by atoms with Crippen LogP contribution in [0.5, 0.6) is 0 Å². The van der Waals surface area contributed by atoms with Gasteiger partial charge in [-0.05, 0) is 77.2 Å². The van der Waals surface area contributed by atoms with Crippen molar-refractivity contribution in [1.82, 2.24) is 9.97 Å². The van der Waals surface area contributed by atoms with Gasteiger partial charge in [0.25, 0.3) is 0 Å². The first kappa shape index (κ1) is 34.2. The Morgan fingerprint density at radius 3 is 1.96 bits per heavy atom. The van der Waals surface area contributed by atoms with Gasteiger partial charge in [-0.1, -0.05) is 90.8 Å². The van der Waals surface area contributed by atoms with Crippen LogP contribution in [0.4, 0.5) is 22.7 Å². The maximum Gasteiger partial charge on any atom is 0.233 e. The van der Waals surface area contributed by atoms with E-state index in [9.17, 15) is 0 Å². The Morgan fingerprint density at radius 1 is 0.549 bits per heavy atom. The van der Waals surface area contributed by atoms with Crippen LogP contribution in [0, 0.1) is 32.9 Å². The average Bonchev–Trinajstić information content (AvgIpc) is 3.16. The van der Waals surface area contributed by atoms with Crippen molar-refractivity contribution in [2.24, 2.45) is 0 Å². The molecule has 0 N–H and O–H groups in total. The number of nitrogens with zero attached hydrogens (tertiary/aromatic N) is 4. The first-order valence-electron chi connectivity index (χ1n) is 17.1. The monoisotopic (exact) mass is 837 g/mol. The molecule has 2 aliphatic heterocycles. The summed E-state index contributed by atoms with van der Waals surface area (Å²) in [4.78, 5) is 13.7. The molecule has 251 valence electrons. The molecule has 2 aliphatic rings. The van der Waals surface area contributed by atoms with Gasteiger partial charge in [-0.25, -0.2) is 0 Å². The molecule has 0 bridgehead atoms. The van der Waals surface area contributed by atoms with Crippen LogP contribution in [-0.2, 0) is 20.1 Å². The minimum atomic E-state index is 0. The molecule has 7 aromatic rings. The molecule has 0 saturated heterocycles. The van der Waals surface area contributed by atoms with E-state index in [-0.39, 0.29) is 26.8 Å². The van der Waals surface area contributed by atoms with Crippen LogP contribution >= 0.6 is 0 Å². The van der Waals surface area contributed by atoms with Gasteiger partial charge in [-0.15, -0.1) is 58.6 Å². The predicted molar refractivity (Wildman–Crippen MR) is 210 cm³/mol. The maximum atomic E-state index is 4.55. The van der Waals surface area contributed by atoms with Gasteiger partial charge in [-0.2, -0.15) is 0 Å². The van der Waals surface area contributed by atoms with E-state index in [0.717, 1.165) is 22.5 Å². The third-order valence-corrected chi connectivity index (χ3v) is 10.1. The molecule has 4 nitrogen and oxygen atoms in total. The molecule has 4 heterocycles. The summed E-state index contributed by atoms with van der Waals surface area (Å²) in [5.74, 6) is 0. The van der Waals surface area contributed by atoms with Crippen LogP contribution < -0.4 is 26.2 Å². The fourth-order valence-corrected chi connectivity index (χ4v) is 7.30. The number of hydrogen-bond donors (Lipinski definition) is 0. The zero-order chi connectivity index (χ0) is 34.4. The summed E-state index contributed by atoms with van der Waals surface area (Å²) in [5, 5.41) is 0. The second kappa shape index (κ2) is 14.1. The number of anilines is 4. The van der Waals surface area contributed by atoms with E-state index in [1.165, 1.54) is 67.0 Å². The van der Waals surface area contributed by atoms with E-state index in [1.807, 2.05) is 36.7 Å². The standard InChI is InChI=1S/C25H19BN3.C20H18N.Ir/c1-28-21-10-4-3-8-18(21)26-19-16-17(20-9-5-6-15-27-20)13-14-22(19)29(2)24-12-7-11-23(28)25(24)26;1-14-9-10-18(20-11-15(2)16(3)13-21-20)12-19(14)17-7-5-4-6-8-17;/h3-12,14-16H,1-2H3;4-9,11-13H,1-3H3;/q2*-1;. The van der Waals surface area contributed by atoms with Crippen molar-refractivity contribution < 1.29 is 20.1 Å². The molecular formula is C45H37BIrN4-2. The Hall–Kier alpha value is -5.29. The van der Waals surface area contributed by atoms with Gasteiger partial charge in [0.15, 0.2) is 0 Å². The van der Waals surface area contributed by atoms with Crippen LogP contribution in [0.2, 0.25) is 0 Å². The van der Waals surface area contributed by atoms with Crippen molar-refractivity contribution in [2.45, 2.75) is 20.8 Å². The second-order valence-electron chi connectivity index (χ2n) is 13.2.